The number of aromatic nitrogens is 4. The Labute approximate surface area is 125 Å². The SMILES string of the molecule is [B]C#C[C@]1(CO)O[C@@H](n2cnc3c(N)nc(F)nc32)C[C@@H]1O. The summed E-state index contributed by atoms with van der Waals surface area (Å²) in [6, 6.07) is 0. The first kappa shape index (κ1) is 14.7. The molecule has 0 bridgehead atoms. The molecule has 0 aliphatic carbocycles. The smallest absolute Gasteiger partial charge is 0.312 e. The lowest BCUT2D eigenvalue weighted by Crippen LogP contribution is -2.41. The largest absolute Gasteiger partial charge is 0.392 e. The fourth-order valence-electron chi connectivity index (χ4n) is 2.46. The molecule has 1 aliphatic heterocycles. The topological polar surface area (TPSA) is 119 Å². The number of fused-ring (bicyclic) bond motifs is 1. The second-order valence-corrected chi connectivity index (χ2v) is 4.84. The van der Waals surface area contributed by atoms with E-state index in [0.717, 1.165) is 0 Å². The lowest BCUT2D eigenvalue weighted by molar-refractivity contribution is -0.0892. The molecule has 112 valence electrons. The molecule has 0 amide bonds. The van der Waals surface area contributed by atoms with Crippen molar-refractivity contribution in [2.75, 3.05) is 12.3 Å². The summed E-state index contributed by atoms with van der Waals surface area (Å²) in [6.07, 6.45) is -1.41. The maximum absolute atomic E-state index is 13.3. The van der Waals surface area contributed by atoms with Crippen molar-refractivity contribution >= 4 is 24.8 Å². The molecule has 10 heteroatoms. The maximum Gasteiger partial charge on any atom is 0.312 e. The van der Waals surface area contributed by atoms with Gasteiger partial charge in [-0.2, -0.15) is 20.2 Å². The lowest BCUT2D eigenvalue weighted by Gasteiger charge is -2.24. The van der Waals surface area contributed by atoms with Crippen LogP contribution in [0.1, 0.15) is 12.6 Å². The number of anilines is 1. The highest BCUT2D eigenvalue weighted by Gasteiger charge is 2.47. The molecule has 2 aromatic rings. The number of nitrogens with two attached hydrogens (primary N) is 1. The van der Waals surface area contributed by atoms with Crippen LogP contribution in [0.3, 0.4) is 0 Å². The van der Waals surface area contributed by atoms with Crippen molar-refractivity contribution in [2.45, 2.75) is 24.4 Å². The minimum absolute atomic E-state index is 0.0895. The van der Waals surface area contributed by atoms with Gasteiger partial charge in [0.1, 0.15) is 12.3 Å². The van der Waals surface area contributed by atoms with Gasteiger partial charge in [-0.3, -0.25) is 4.57 Å². The van der Waals surface area contributed by atoms with Gasteiger partial charge in [0.25, 0.3) is 0 Å². The summed E-state index contributed by atoms with van der Waals surface area (Å²) in [4.78, 5) is 11.0. The number of halogens is 1. The Morgan fingerprint density at radius 1 is 1.59 bits per heavy atom. The zero-order valence-corrected chi connectivity index (χ0v) is 11.3. The Kier molecular flexibility index (Phi) is 3.48. The number of nitrogen functional groups attached to an aromatic ring is 1. The third-order valence-corrected chi connectivity index (χ3v) is 3.56. The van der Waals surface area contributed by atoms with Crippen molar-refractivity contribution in [3.05, 3.63) is 12.4 Å². The minimum atomic E-state index is -1.51. The van der Waals surface area contributed by atoms with Crippen molar-refractivity contribution in [1.29, 1.82) is 0 Å². The van der Waals surface area contributed by atoms with Crippen LogP contribution in [0.15, 0.2) is 6.33 Å². The number of rotatable bonds is 2. The van der Waals surface area contributed by atoms with E-state index in [1.165, 1.54) is 10.9 Å². The van der Waals surface area contributed by atoms with Crippen LogP contribution in [0.5, 0.6) is 0 Å². The van der Waals surface area contributed by atoms with Crippen molar-refractivity contribution in [3.8, 4) is 11.7 Å². The first-order chi connectivity index (χ1) is 10.5. The van der Waals surface area contributed by atoms with Gasteiger partial charge in [0.15, 0.2) is 30.4 Å². The molecule has 8 nitrogen and oxygen atoms in total. The van der Waals surface area contributed by atoms with Crippen molar-refractivity contribution in [3.63, 3.8) is 0 Å². The van der Waals surface area contributed by atoms with Crippen LogP contribution in [-0.4, -0.2) is 55.9 Å². The molecule has 0 aromatic carbocycles. The zero-order valence-electron chi connectivity index (χ0n) is 11.3. The molecule has 3 heterocycles. The molecule has 0 spiro atoms. The van der Waals surface area contributed by atoms with Crippen LogP contribution >= 0.6 is 0 Å². The van der Waals surface area contributed by atoms with E-state index in [0.29, 0.717) is 0 Å². The van der Waals surface area contributed by atoms with Crippen LogP contribution in [0.2, 0.25) is 0 Å². The van der Waals surface area contributed by atoms with Gasteiger partial charge in [0, 0.05) is 6.42 Å². The number of hydrogen-bond donors (Lipinski definition) is 3. The number of aliphatic hydroxyl groups is 2. The monoisotopic (exact) mass is 303 g/mol. The van der Waals surface area contributed by atoms with E-state index in [2.05, 4.69) is 26.7 Å². The number of nitrogens with zero attached hydrogens (tertiary/aromatic N) is 4. The molecule has 0 unspecified atom stereocenters. The molecule has 22 heavy (non-hydrogen) atoms. The number of aliphatic hydroxyl groups excluding tert-OH is 2. The quantitative estimate of drug-likeness (QED) is 0.358. The van der Waals surface area contributed by atoms with E-state index in [-0.39, 0.29) is 23.4 Å². The van der Waals surface area contributed by atoms with Crippen LogP contribution in [-0.2, 0) is 4.74 Å². The van der Waals surface area contributed by atoms with Crippen molar-refractivity contribution in [1.82, 2.24) is 19.5 Å². The Balaban J connectivity index is 2.04. The second kappa shape index (κ2) is 5.21. The Morgan fingerprint density at radius 2 is 2.36 bits per heavy atom. The van der Waals surface area contributed by atoms with Crippen LogP contribution in [0.4, 0.5) is 10.2 Å². The van der Waals surface area contributed by atoms with E-state index >= 15 is 0 Å². The number of imidazole rings is 1. The molecule has 3 rings (SSSR count). The van der Waals surface area contributed by atoms with Crippen molar-refractivity contribution < 1.29 is 19.3 Å². The summed E-state index contributed by atoms with van der Waals surface area (Å²) in [5, 5.41) is 19.6. The predicted octanol–water partition coefficient (Wildman–Crippen LogP) is -1.31. The highest BCUT2D eigenvalue weighted by molar-refractivity contribution is 6.22. The molecule has 1 fully saturated rings. The Bertz CT molecular complexity index is 788. The van der Waals surface area contributed by atoms with Gasteiger partial charge in [-0.25, -0.2) is 4.98 Å². The van der Waals surface area contributed by atoms with Gasteiger partial charge in [0.2, 0.25) is 0 Å². The summed E-state index contributed by atoms with van der Waals surface area (Å²) in [5.41, 5.74) is 4.42. The Morgan fingerprint density at radius 3 is 3.05 bits per heavy atom. The van der Waals surface area contributed by atoms with Gasteiger partial charge >= 0.3 is 6.08 Å². The molecular weight excluding hydrogens is 292 g/mol. The summed E-state index contributed by atoms with van der Waals surface area (Å²) >= 11 is 0. The van der Waals surface area contributed by atoms with E-state index < -0.39 is 30.6 Å². The first-order valence-electron chi connectivity index (χ1n) is 6.36. The van der Waals surface area contributed by atoms with E-state index in [1.54, 1.807) is 0 Å². The molecule has 1 saturated heterocycles. The van der Waals surface area contributed by atoms with Crippen LogP contribution < -0.4 is 5.73 Å². The normalized spacial score (nSPS) is 27.8. The molecule has 2 radical (unpaired) electrons. The Hall–Kier alpha value is -2.22. The lowest BCUT2D eigenvalue weighted by atomic mass is 9.96. The molecular formula is C12H11BFN5O3. The second-order valence-electron chi connectivity index (χ2n) is 4.84. The van der Waals surface area contributed by atoms with Gasteiger partial charge < -0.3 is 20.7 Å². The number of hydrogen-bond acceptors (Lipinski definition) is 7. The average Bonchev–Trinajstić information content (AvgIpc) is 3.02. The van der Waals surface area contributed by atoms with E-state index in [4.69, 9.17) is 18.3 Å². The van der Waals surface area contributed by atoms with Crippen LogP contribution in [0, 0.1) is 17.8 Å². The van der Waals surface area contributed by atoms with E-state index in [1.807, 2.05) is 0 Å². The fraction of sp³-hybridized carbons (Fsp3) is 0.417. The van der Waals surface area contributed by atoms with Crippen LogP contribution in [0.25, 0.3) is 11.2 Å². The molecule has 1 aliphatic rings. The highest BCUT2D eigenvalue weighted by Crippen LogP contribution is 2.37. The fourth-order valence-corrected chi connectivity index (χ4v) is 2.46. The summed E-state index contributed by atoms with van der Waals surface area (Å²) in [6.45, 7) is -0.549. The minimum Gasteiger partial charge on any atom is -0.392 e. The third kappa shape index (κ3) is 2.11. The van der Waals surface area contributed by atoms with Gasteiger partial charge in [-0.1, -0.05) is 5.92 Å². The zero-order chi connectivity index (χ0) is 15.9. The van der Waals surface area contributed by atoms with Gasteiger partial charge in [-0.05, 0) is 0 Å². The molecule has 3 atom stereocenters. The molecule has 0 saturated carbocycles. The summed E-state index contributed by atoms with van der Waals surface area (Å²) in [5.74, 6) is 4.49. The number of ether oxygens (including phenoxy) is 1. The van der Waals surface area contributed by atoms with Gasteiger partial charge in [-0.15, -0.1) is 0 Å². The summed E-state index contributed by atoms with van der Waals surface area (Å²) < 4.78 is 20.4. The highest BCUT2D eigenvalue weighted by atomic mass is 19.1. The first-order valence-corrected chi connectivity index (χ1v) is 6.36. The van der Waals surface area contributed by atoms with Gasteiger partial charge in [0.05, 0.1) is 12.9 Å². The maximum atomic E-state index is 13.3. The summed E-state index contributed by atoms with van der Waals surface area (Å²) in [7, 11) is 5.16. The molecule has 4 N–H and O–H groups in total. The molecule has 2 aromatic heterocycles. The standard InChI is InChI=1S/C12H11BFN5O3/c13-2-1-12(4-20)6(21)3-7(22-12)19-5-16-8-9(15)17-11(14)18-10(8)19/h5-7,20-21H,3-4H2,(H2,15,17,18)/t6-,7+,12+/m0/s1. The predicted molar refractivity (Wildman–Crippen MR) is 73.8 cm³/mol. The average molecular weight is 303 g/mol. The third-order valence-electron chi connectivity index (χ3n) is 3.56. The van der Waals surface area contributed by atoms with E-state index in [9.17, 15) is 14.6 Å². The van der Waals surface area contributed by atoms with Crippen molar-refractivity contribution in [2.24, 2.45) is 0 Å².